The summed E-state index contributed by atoms with van der Waals surface area (Å²) in [5, 5.41) is 2.91. The molecule has 1 N–H and O–H groups in total. The SMILES string of the molecule is CC(C)(C(=O)CCc1ccc(Cl)c(C(=O)Cc2ccc(OCC(F)F)c(C(=O)NCC3CCC3)c2)c1)C(F)(F)F. The predicted octanol–water partition coefficient (Wildman–Crippen LogP) is 7.03. The monoisotopic (exact) mass is 587 g/mol. The third-order valence-corrected chi connectivity index (χ3v) is 7.50. The van der Waals surface area contributed by atoms with E-state index in [1.165, 1.54) is 36.4 Å². The van der Waals surface area contributed by atoms with Gasteiger partial charge in [-0.3, -0.25) is 14.4 Å². The van der Waals surface area contributed by atoms with Gasteiger partial charge in [0.05, 0.1) is 10.6 Å². The first-order valence-electron chi connectivity index (χ1n) is 12.9. The molecule has 1 aliphatic rings. The highest BCUT2D eigenvalue weighted by atomic mass is 35.5. The van der Waals surface area contributed by atoms with Crippen molar-refractivity contribution in [2.45, 2.75) is 65.0 Å². The number of hydrogen-bond acceptors (Lipinski definition) is 4. The van der Waals surface area contributed by atoms with E-state index in [2.05, 4.69) is 5.32 Å². The van der Waals surface area contributed by atoms with Crippen molar-refractivity contribution in [2.75, 3.05) is 13.2 Å². The van der Waals surface area contributed by atoms with E-state index in [9.17, 15) is 36.3 Å². The van der Waals surface area contributed by atoms with Crippen molar-refractivity contribution in [1.29, 1.82) is 0 Å². The van der Waals surface area contributed by atoms with Crippen LogP contribution in [0, 0.1) is 11.3 Å². The zero-order valence-electron chi connectivity index (χ0n) is 22.2. The number of ether oxygens (including phenoxy) is 1. The molecule has 0 spiro atoms. The van der Waals surface area contributed by atoms with Crippen LogP contribution in [0.15, 0.2) is 36.4 Å². The van der Waals surface area contributed by atoms with Crippen molar-refractivity contribution in [3.8, 4) is 5.75 Å². The summed E-state index contributed by atoms with van der Waals surface area (Å²) in [5.74, 6) is -1.58. The van der Waals surface area contributed by atoms with Gasteiger partial charge in [0.15, 0.2) is 5.78 Å². The van der Waals surface area contributed by atoms with Crippen LogP contribution in [-0.2, 0) is 17.6 Å². The lowest BCUT2D eigenvalue weighted by Gasteiger charge is -2.26. The molecule has 0 atom stereocenters. The number of halogens is 6. The molecule has 1 fully saturated rings. The van der Waals surface area contributed by atoms with Gasteiger partial charge >= 0.3 is 6.18 Å². The average molecular weight is 588 g/mol. The van der Waals surface area contributed by atoms with Gasteiger partial charge < -0.3 is 10.1 Å². The third kappa shape index (κ3) is 8.02. The number of hydrogen-bond donors (Lipinski definition) is 1. The fraction of sp³-hybridized carbons (Fsp3) is 0.483. The lowest BCUT2D eigenvalue weighted by molar-refractivity contribution is -0.210. The summed E-state index contributed by atoms with van der Waals surface area (Å²) in [5.41, 5.74) is -1.49. The van der Waals surface area contributed by atoms with E-state index >= 15 is 0 Å². The molecular weight excluding hydrogens is 557 g/mol. The van der Waals surface area contributed by atoms with Crippen LogP contribution in [0.3, 0.4) is 0 Å². The summed E-state index contributed by atoms with van der Waals surface area (Å²) in [4.78, 5) is 38.2. The Kier molecular flexibility index (Phi) is 10.3. The average Bonchev–Trinajstić information content (AvgIpc) is 2.85. The van der Waals surface area contributed by atoms with Crippen molar-refractivity contribution < 1.29 is 41.1 Å². The second-order valence-corrected chi connectivity index (χ2v) is 10.9. The van der Waals surface area contributed by atoms with Gasteiger partial charge in [-0.05, 0) is 74.4 Å². The highest BCUT2D eigenvalue weighted by Crippen LogP contribution is 2.39. The third-order valence-electron chi connectivity index (χ3n) is 7.17. The molecule has 0 aromatic heterocycles. The minimum atomic E-state index is -4.68. The normalized spacial score (nSPS) is 14.1. The zero-order chi connectivity index (χ0) is 29.7. The first kappa shape index (κ1) is 31.5. The van der Waals surface area contributed by atoms with E-state index in [0.717, 1.165) is 33.1 Å². The lowest BCUT2D eigenvalue weighted by Crippen LogP contribution is -2.39. The van der Waals surface area contributed by atoms with E-state index in [-0.39, 0.29) is 41.2 Å². The summed E-state index contributed by atoms with van der Waals surface area (Å²) in [6, 6.07) is 8.65. The number of carbonyl (C=O) groups is 3. The Labute approximate surface area is 234 Å². The molecule has 1 amide bonds. The summed E-state index contributed by atoms with van der Waals surface area (Å²) >= 11 is 6.23. The number of carbonyl (C=O) groups excluding carboxylic acids is 3. The van der Waals surface area contributed by atoms with E-state index in [1.54, 1.807) is 0 Å². The van der Waals surface area contributed by atoms with Crippen molar-refractivity contribution in [3.05, 3.63) is 63.7 Å². The summed E-state index contributed by atoms with van der Waals surface area (Å²) < 4.78 is 70.1. The van der Waals surface area contributed by atoms with Crippen LogP contribution in [0.1, 0.15) is 71.4 Å². The number of ketones is 2. The maximum Gasteiger partial charge on any atom is 0.400 e. The van der Waals surface area contributed by atoms with Gasteiger partial charge in [-0.1, -0.05) is 30.2 Å². The fourth-order valence-electron chi connectivity index (χ4n) is 4.12. The van der Waals surface area contributed by atoms with Crippen LogP contribution in [0.4, 0.5) is 22.0 Å². The molecule has 2 aromatic carbocycles. The smallest absolute Gasteiger partial charge is 0.400 e. The van der Waals surface area contributed by atoms with Gasteiger partial charge in [0, 0.05) is 24.9 Å². The molecule has 1 aliphatic carbocycles. The minimum Gasteiger partial charge on any atom is -0.487 e. The van der Waals surface area contributed by atoms with Gasteiger partial charge in [0.1, 0.15) is 23.6 Å². The number of Topliss-reactive ketones (excluding diaryl/α,β-unsaturated/α-hetero) is 2. The number of benzene rings is 2. The molecule has 0 radical (unpaired) electrons. The molecule has 0 unspecified atom stereocenters. The molecule has 0 saturated heterocycles. The Bertz CT molecular complexity index is 1240. The first-order valence-corrected chi connectivity index (χ1v) is 13.3. The molecule has 5 nitrogen and oxygen atoms in total. The Morgan fingerprint density at radius 1 is 1.02 bits per heavy atom. The molecule has 3 rings (SSSR count). The number of rotatable bonds is 13. The van der Waals surface area contributed by atoms with Crippen molar-refractivity contribution >= 4 is 29.1 Å². The lowest BCUT2D eigenvalue weighted by atomic mass is 9.84. The van der Waals surface area contributed by atoms with Gasteiger partial charge in [0.2, 0.25) is 0 Å². The standard InChI is InChI=1S/C29H31ClF5NO4/c1-28(2,29(33,34)35)25(38)11-8-17-6-9-22(30)20(12-17)23(37)14-19-7-10-24(40-16-26(31)32)21(13-19)27(39)36-15-18-4-3-5-18/h6-7,9-10,12-13,18,26H,3-5,8,11,14-16H2,1-2H3,(H,36,39). The Morgan fingerprint density at radius 2 is 1.68 bits per heavy atom. The Morgan fingerprint density at radius 3 is 2.27 bits per heavy atom. The van der Waals surface area contributed by atoms with Crippen LogP contribution >= 0.6 is 11.6 Å². The maximum absolute atomic E-state index is 13.2. The predicted molar refractivity (Wildman–Crippen MR) is 140 cm³/mol. The quantitative estimate of drug-likeness (QED) is 0.202. The van der Waals surface area contributed by atoms with Crippen molar-refractivity contribution in [2.24, 2.45) is 11.3 Å². The van der Waals surface area contributed by atoms with Crippen molar-refractivity contribution in [1.82, 2.24) is 5.32 Å². The Balaban J connectivity index is 1.75. The zero-order valence-corrected chi connectivity index (χ0v) is 22.9. The number of nitrogens with one attached hydrogen (secondary N) is 1. The highest BCUT2D eigenvalue weighted by molar-refractivity contribution is 6.34. The van der Waals surface area contributed by atoms with E-state index in [4.69, 9.17) is 16.3 Å². The van der Waals surface area contributed by atoms with Gasteiger partial charge in [-0.15, -0.1) is 0 Å². The number of aryl methyl sites for hydroxylation is 1. The molecular formula is C29H31ClF5NO4. The summed E-state index contributed by atoms with van der Waals surface area (Å²) in [6.07, 6.45) is -4.92. The van der Waals surface area contributed by atoms with Crippen LogP contribution in [0.2, 0.25) is 5.02 Å². The fourth-order valence-corrected chi connectivity index (χ4v) is 4.35. The number of alkyl halides is 5. The van der Waals surface area contributed by atoms with Gasteiger partial charge in [-0.2, -0.15) is 13.2 Å². The molecule has 218 valence electrons. The van der Waals surface area contributed by atoms with E-state index in [1.807, 2.05) is 0 Å². The van der Waals surface area contributed by atoms with Crippen molar-refractivity contribution in [3.63, 3.8) is 0 Å². The highest BCUT2D eigenvalue weighted by Gasteiger charge is 2.51. The van der Waals surface area contributed by atoms with E-state index in [0.29, 0.717) is 23.6 Å². The van der Waals surface area contributed by atoms with Crippen LogP contribution < -0.4 is 10.1 Å². The maximum atomic E-state index is 13.2. The summed E-state index contributed by atoms with van der Waals surface area (Å²) in [7, 11) is 0. The second kappa shape index (κ2) is 13.1. The van der Waals surface area contributed by atoms with Crippen LogP contribution in [-0.4, -0.2) is 43.2 Å². The van der Waals surface area contributed by atoms with Gasteiger partial charge in [0.25, 0.3) is 12.3 Å². The second-order valence-electron chi connectivity index (χ2n) is 10.5. The topological polar surface area (TPSA) is 72.5 Å². The molecule has 0 aliphatic heterocycles. The van der Waals surface area contributed by atoms with Crippen LogP contribution in [0.25, 0.3) is 0 Å². The molecule has 0 heterocycles. The van der Waals surface area contributed by atoms with E-state index < -0.39 is 42.1 Å². The first-order chi connectivity index (χ1) is 18.7. The minimum absolute atomic E-state index is 0.0166. The molecule has 2 aromatic rings. The summed E-state index contributed by atoms with van der Waals surface area (Å²) in [6.45, 7) is 1.21. The molecule has 0 bridgehead atoms. The van der Waals surface area contributed by atoms with Gasteiger partial charge in [-0.25, -0.2) is 8.78 Å². The molecule has 11 heteroatoms. The Hall–Kier alpha value is -3.01. The molecule has 40 heavy (non-hydrogen) atoms. The largest absolute Gasteiger partial charge is 0.487 e. The molecule has 1 saturated carbocycles. The number of amides is 1. The van der Waals surface area contributed by atoms with Crippen LogP contribution in [0.5, 0.6) is 5.75 Å².